The normalized spacial score (nSPS) is 11.5. The molecule has 2 aromatic carbocycles. The maximum absolute atomic E-state index is 13.3. The minimum atomic E-state index is -3.55. The number of nitrogens with one attached hydrogen (secondary N) is 1. The first-order valence-corrected chi connectivity index (χ1v) is 12.4. The van der Waals surface area contributed by atoms with Gasteiger partial charge in [-0.15, -0.1) is 11.3 Å². The van der Waals surface area contributed by atoms with Gasteiger partial charge in [-0.3, -0.25) is 10.1 Å². The van der Waals surface area contributed by atoms with Crippen molar-refractivity contribution in [1.29, 1.82) is 0 Å². The Morgan fingerprint density at radius 3 is 2.47 bits per heavy atom. The summed E-state index contributed by atoms with van der Waals surface area (Å²) in [6.45, 7) is 3.91. The number of aromatic nitrogens is 2. The van der Waals surface area contributed by atoms with Crippen LogP contribution in [0.1, 0.15) is 21.7 Å². The lowest BCUT2D eigenvalue weighted by Crippen LogP contribution is -2.15. The number of rotatable bonds is 5. The first-order valence-electron chi connectivity index (χ1n) is 9.66. The van der Waals surface area contributed by atoms with Crippen LogP contribution >= 0.6 is 11.3 Å². The molecule has 2 heterocycles. The van der Waals surface area contributed by atoms with E-state index in [2.05, 4.69) is 10.3 Å². The molecule has 0 fully saturated rings. The highest BCUT2D eigenvalue weighted by atomic mass is 32.2. The summed E-state index contributed by atoms with van der Waals surface area (Å²) in [6, 6.07) is 14.3. The molecule has 2 aromatic heterocycles. The van der Waals surface area contributed by atoms with Crippen LogP contribution in [-0.2, 0) is 9.84 Å². The van der Waals surface area contributed by atoms with Gasteiger partial charge in [-0.1, -0.05) is 12.1 Å². The summed E-state index contributed by atoms with van der Waals surface area (Å²) in [5.41, 5.74) is 4.38. The van der Waals surface area contributed by atoms with Crippen LogP contribution < -0.4 is 5.32 Å². The van der Waals surface area contributed by atoms with Crippen molar-refractivity contribution in [1.82, 2.24) is 9.55 Å². The van der Waals surface area contributed by atoms with Gasteiger partial charge in [0.1, 0.15) is 5.82 Å². The molecule has 0 aliphatic heterocycles. The molecule has 4 rings (SSSR count). The molecule has 0 atom stereocenters. The SMILES string of the molecule is Cc1cc(-c2csc(NC(=O)c3ccccc3S(C)(=O)=O)n2)c(C)n1-c1ccc(F)cc1. The number of carbonyl (C=O) groups is 1. The fraction of sp³-hybridized carbons (Fsp3) is 0.130. The maximum atomic E-state index is 13.3. The number of thiazole rings is 1. The van der Waals surface area contributed by atoms with Gasteiger partial charge in [0.2, 0.25) is 0 Å². The molecule has 4 aromatic rings. The van der Waals surface area contributed by atoms with Crippen LogP contribution in [0.5, 0.6) is 0 Å². The van der Waals surface area contributed by atoms with Gasteiger partial charge in [0.05, 0.1) is 16.2 Å². The molecule has 0 saturated heterocycles. The lowest BCUT2D eigenvalue weighted by molar-refractivity contribution is 0.102. The molecule has 0 aliphatic carbocycles. The van der Waals surface area contributed by atoms with Gasteiger partial charge in [-0.05, 0) is 56.3 Å². The van der Waals surface area contributed by atoms with E-state index >= 15 is 0 Å². The van der Waals surface area contributed by atoms with E-state index in [0.29, 0.717) is 10.8 Å². The van der Waals surface area contributed by atoms with Gasteiger partial charge in [-0.25, -0.2) is 17.8 Å². The number of benzene rings is 2. The lowest BCUT2D eigenvalue weighted by atomic mass is 10.2. The van der Waals surface area contributed by atoms with E-state index < -0.39 is 15.7 Å². The van der Waals surface area contributed by atoms with Gasteiger partial charge in [-0.2, -0.15) is 0 Å². The molecular formula is C23H20FN3O3S2. The molecule has 0 spiro atoms. The second-order valence-electron chi connectivity index (χ2n) is 7.36. The fourth-order valence-corrected chi connectivity index (χ4v) is 5.20. The standard InChI is InChI=1S/C23H20FN3O3S2/c1-14-12-19(15(2)27(14)17-10-8-16(24)9-11-17)20-13-31-23(25-20)26-22(28)18-6-4-5-7-21(18)32(3,29)30/h4-13H,1-3H3,(H,25,26,28). The molecular weight excluding hydrogens is 449 g/mol. The summed E-state index contributed by atoms with van der Waals surface area (Å²) < 4.78 is 39.3. The van der Waals surface area contributed by atoms with Crippen molar-refractivity contribution < 1.29 is 17.6 Å². The fourth-order valence-electron chi connectivity index (χ4n) is 3.61. The molecule has 0 radical (unpaired) electrons. The molecule has 6 nitrogen and oxygen atoms in total. The smallest absolute Gasteiger partial charge is 0.258 e. The predicted molar refractivity (Wildman–Crippen MR) is 124 cm³/mol. The highest BCUT2D eigenvalue weighted by Gasteiger charge is 2.20. The highest BCUT2D eigenvalue weighted by molar-refractivity contribution is 7.90. The molecule has 1 N–H and O–H groups in total. The summed E-state index contributed by atoms with van der Waals surface area (Å²) in [6.07, 6.45) is 1.07. The van der Waals surface area contributed by atoms with Crippen LogP contribution in [0, 0.1) is 19.7 Å². The number of hydrogen-bond acceptors (Lipinski definition) is 5. The van der Waals surface area contributed by atoms with Crippen LogP contribution in [-0.4, -0.2) is 30.1 Å². The number of aryl methyl sites for hydroxylation is 1. The van der Waals surface area contributed by atoms with Gasteiger partial charge >= 0.3 is 0 Å². The Morgan fingerprint density at radius 1 is 1.09 bits per heavy atom. The predicted octanol–water partition coefficient (Wildman–Crippen LogP) is 5.01. The van der Waals surface area contributed by atoms with Crippen LogP contribution in [0.15, 0.2) is 64.9 Å². The Bertz CT molecular complexity index is 1420. The third kappa shape index (κ3) is 4.21. The van der Waals surface area contributed by atoms with E-state index in [4.69, 9.17) is 0 Å². The van der Waals surface area contributed by atoms with Crippen molar-refractivity contribution in [2.45, 2.75) is 18.7 Å². The van der Waals surface area contributed by atoms with Crippen molar-refractivity contribution in [2.75, 3.05) is 11.6 Å². The number of amides is 1. The number of halogens is 1. The molecule has 1 amide bonds. The summed E-state index contributed by atoms with van der Waals surface area (Å²) in [5.74, 6) is -0.836. The molecule has 0 saturated carbocycles. The lowest BCUT2D eigenvalue weighted by Gasteiger charge is -2.09. The zero-order chi connectivity index (χ0) is 23.0. The Labute approximate surface area is 189 Å². The van der Waals surface area contributed by atoms with Crippen molar-refractivity contribution in [2.24, 2.45) is 0 Å². The summed E-state index contributed by atoms with van der Waals surface area (Å²) in [7, 11) is -3.55. The largest absolute Gasteiger partial charge is 0.318 e. The minimum Gasteiger partial charge on any atom is -0.318 e. The van der Waals surface area contributed by atoms with E-state index in [-0.39, 0.29) is 16.3 Å². The first kappa shape index (κ1) is 21.9. The third-order valence-corrected chi connectivity index (χ3v) is 6.96. The van der Waals surface area contributed by atoms with Gasteiger partial charge in [0.25, 0.3) is 5.91 Å². The second-order valence-corrected chi connectivity index (χ2v) is 10.2. The molecule has 0 unspecified atom stereocenters. The number of nitrogens with zero attached hydrogens (tertiary/aromatic N) is 2. The molecule has 32 heavy (non-hydrogen) atoms. The van der Waals surface area contributed by atoms with Crippen molar-refractivity contribution >= 4 is 32.2 Å². The van der Waals surface area contributed by atoms with E-state index in [9.17, 15) is 17.6 Å². The molecule has 164 valence electrons. The topological polar surface area (TPSA) is 81.1 Å². The Kier molecular flexibility index (Phi) is 5.70. The number of anilines is 1. The van der Waals surface area contributed by atoms with Crippen molar-refractivity contribution in [3.8, 4) is 16.9 Å². The highest BCUT2D eigenvalue weighted by Crippen LogP contribution is 2.32. The number of carbonyl (C=O) groups excluding carboxylic acids is 1. The maximum Gasteiger partial charge on any atom is 0.258 e. The average molecular weight is 470 g/mol. The summed E-state index contributed by atoms with van der Waals surface area (Å²) in [4.78, 5) is 17.2. The van der Waals surface area contributed by atoms with Gasteiger partial charge in [0.15, 0.2) is 15.0 Å². The number of sulfone groups is 1. The van der Waals surface area contributed by atoms with E-state index in [1.54, 1.807) is 24.3 Å². The quantitative estimate of drug-likeness (QED) is 0.445. The Balaban J connectivity index is 1.63. The molecule has 0 aliphatic rings. The molecule has 0 bridgehead atoms. The Hall–Kier alpha value is -3.30. The van der Waals surface area contributed by atoms with Crippen LogP contribution in [0.4, 0.5) is 9.52 Å². The summed E-state index contributed by atoms with van der Waals surface area (Å²) in [5, 5.41) is 4.88. The first-order chi connectivity index (χ1) is 15.1. The Morgan fingerprint density at radius 2 is 1.78 bits per heavy atom. The zero-order valence-corrected chi connectivity index (χ0v) is 19.2. The minimum absolute atomic E-state index is 0.0304. The van der Waals surface area contributed by atoms with Gasteiger partial charge in [0, 0.05) is 34.3 Å². The van der Waals surface area contributed by atoms with Crippen LogP contribution in [0.3, 0.4) is 0 Å². The number of hydrogen-bond donors (Lipinski definition) is 1. The van der Waals surface area contributed by atoms with Crippen LogP contribution in [0.25, 0.3) is 16.9 Å². The van der Waals surface area contributed by atoms with Crippen LogP contribution in [0.2, 0.25) is 0 Å². The summed E-state index contributed by atoms with van der Waals surface area (Å²) >= 11 is 1.25. The average Bonchev–Trinajstić information content (AvgIpc) is 3.32. The second kappa shape index (κ2) is 8.33. The van der Waals surface area contributed by atoms with E-state index in [0.717, 1.165) is 28.9 Å². The van der Waals surface area contributed by atoms with Crippen molar-refractivity contribution in [3.63, 3.8) is 0 Å². The van der Waals surface area contributed by atoms with Crippen molar-refractivity contribution in [3.05, 3.63) is 82.7 Å². The van der Waals surface area contributed by atoms with E-state index in [1.165, 1.54) is 35.6 Å². The zero-order valence-electron chi connectivity index (χ0n) is 17.6. The molecule has 9 heteroatoms. The monoisotopic (exact) mass is 469 g/mol. The van der Waals surface area contributed by atoms with E-state index in [1.807, 2.05) is 29.9 Å². The van der Waals surface area contributed by atoms with Gasteiger partial charge < -0.3 is 4.57 Å². The third-order valence-electron chi connectivity index (χ3n) is 5.05.